The van der Waals surface area contributed by atoms with Crippen LogP contribution >= 0.6 is 34.5 Å². The van der Waals surface area contributed by atoms with Crippen molar-refractivity contribution in [2.75, 3.05) is 0 Å². The summed E-state index contributed by atoms with van der Waals surface area (Å²) < 4.78 is 5.85. The van der Waals surface area contributed by atoms with Gasteiger partial charge < -0.3 is 10.1 Å². The SMILES string of the molecule is Cc1ccc(CC(C)OC(C)C)cc1CNC(=O)c1nc(-c2ccc(Cl)cc2Cl)sc1C. The molecule has 1 heterocycles. The van der Waals surface area contributed by atoms with E-state index in [4.69, 9.17) is 27.9 Å². The van der Waals surface area contributed by atoms with Crippen LogP contribution in [-0.2, 0) is 17.7 Å². The molecule has 2 aromatic carbocycles. The number of rotatable bonds is 8. The van der Waals surface area contributed by atoms with Gasteiger partial charge in [-0.1, -0.05) is 41.4 Å². The van der Waals surface area contributed by atoms with Crippen molar-refractivity contribution in [2.24, 2.45) is 0 Å². The van der Waals surface area contributed by atoms with Crippen molar-refractivity contribution in [1.29, 1.82) is 0 Å². The van der Waals surface area contributed by atoms with Crippen molar-refractivity contribution in [3.63, 3.8) is 0 Å². The summed E-state index contributed by atoms with van der Waals surface area (Å²) in [6, 6.07) is 11.6. The summed E-state index contributed by atoms with van der Waals surface area (Å²) in [5.74, 6) is -0.198. The Morgan fingerprint density at radius 2 is 1.88 bits per heavy atom. The predicted molar refractivity (Wildman–Crippen MR) is 134 cm³/mol. The molecule has 3 rings (SSSR count). The van der Waals surface area contributed by atoms with E-state index < -0.39 is 0 Å². The molecule has 3 aromatic rings. The highest BCUT2D eigenvalue weighted by Gasteiger charge is 2.18. The van der Waals surface area contributed by atoms with E-state index in [-0.39, 0.29) is 18.1 Å². The molecule has 0 aliphatic heterocycles. The van der Waals surface area contributed by atoms with E-state index >= 15 is 0 Å². The van der Waals surface area contributed by atoms with E-state index in [9.17, 15) is 4.79 Å². The zero-order chi connectivity index (χ0) is 23.4. The number of ether oxygens (including phenoxy) is 1. The standard InChI is InChI=1S/C25H28Cl2N2O2S/c1-14(2)31-16(4)10-18-7-6-15(3)19(11-18)13-28-24(30)23-17(5)32-25(29-23)21-9-8-20(26)12-22(21)27/h6-9,11-12,14,16H,10,13H2,1-5H3,(H,28,30). The van der Waals surface area contributed by atoms with E-state index in [1.54, 1.807) is 12.1 Å². The number of carbonyl (C=O) groups excluding carboxylic acids is 1. The van der Waals surface area contributed by atoms with Crippen molar-refractivity contribution in [2.45, 2.75) is 59.8 Å². The third kappa shape index (κ3) is 6.32. The van der Waals surface area contributed by atoms with Crippen LogP contribution < -0.4 is 5.32 Å². The minimum absolute atomic E-state index is 0.135. The molecule has 0 fully saturated rings. The average molecular weight is 491 g/mol. The Hall–Kier alpha value is -1.92. The fourth-order valence-corrected chi connectivity index (χ4v) is 5.04. The molecule has 4 nitrogen and oxygen atoms in total. The maximum atomic E-state index is 12.9. The van der Waals surface area contributed by atoms with Gasteiger partial charge in [-0.05, 0) is 75.9 Å². The second-order valence-electron chi connectivity index (χ2n) is 8.19. The summed E-state index contributed by atoms with van der Waals surface area (Å²) in [5, 5.41) is 4.80. The fourth-order valence-electron chi connectivity index (χ4n) is 3.53. The Bertz CT molecular complexity index is 1110. The first kappa shape index (κ1) is 24.7. The third-order valence-electron chi connectivity index (χ3n) is 5.05. The average Bonchev–Trinajstić information content (AvgIpc) is 3.08. The Morgan fingerprint density at radius 3 is 2.56 bits per heavy atom. The van der Waals surface area contributed by atoms with E-state index in [0.29, 0.717) is 27.3 Å². The maximum Gasteiger partial charge on any atom is 0.271 e. The minimum Gasteiger partial charge on any atom is -0.376 e. The molecule has 1 aromatic heterocycles. The van der Waals surface area contributed by atoms with E-state index in [1.807, 2.05) is 33.8 Å². The van der Waals surface area contributed by atoms with Crippen LogP contribution in [0, 0.1) is 13.8 Å². The smallest absolute Gasteiger partial charge is 0.271 e. The van der Waals surface area contributed by atoms with Gasteiger partial charge in [0.25, 0.3) is 5.91 Å². The molecule has 0 aliphatic carbocycles. The lowest BCUT2D eigenvalue weighted by Crippen LogP contribution is -2.24. The van der Waals surface area contributed by atoms with Gasteiger partial charge in [0.15, 0.2) is 0 Å². The number of amides is 1. The molecule has 0 spiro atoms. The van der Waals surface area contributed by atoms with Crippen molar-refractivity contribution >= 4 is 40.4 Å². The second-order valence-corrected chi connectivity index (χ2v) is 10.2. The number of carbonyl (C=O) groups is 1. The van der Waals surface area contributed by atoms with Gasteiger partial charge in [0, 0.05) is 22.0 Å². The number of hydrogen-bond donors (Lipinski definition) is 1. The van der Waals surface area contributed by atoms with Gasteiger partial charge in [-0.25, -0.2) is 4.98 Å². The van der Waals surface area contributed by atoms with E-state index in [2.05, 4.69) is 35.4 Å². The number of thiazole rings is 1. The molecule has 170 valence electrons. The summed E-state index contributed by atoms with van der Waals surface area (Å²) in [6.07, 6.45) is 1.16. The number of aromatic nitrogens is 1. The molecule has 1 unspecified atom stereocenters. The second kappa shape index (κ2) is 10.8. The Kier molecular flexibility index (Phi) is 8.34. The number of hydrogen-bond acceptors (Lipinski definition) is 4. The lowest BCUT2D eigenvalue weighted by atomic mass is 10.0. The largest absolute Gasteiger partial charge is 0.376 e. The quantitative estimate of drug-likeness (QED) is 0.368. The molecule has 1 amide bonds. The van der Waals surface area contributed by atoms with Crippen LogP contribution in [0.2, 0.25) is 10.0 Å². The van der Waals surface area contributed by atoms with Gasteiger partial charge in [0.05, 0.1) is 17.2 Å². The Morgan fingerprint density at radius 1 is 1.12 bits per heavy atom. The monoisotopic (exact) mass is 490 g/mol. The molecule has 0 radical (unpaired) electrons. The Labute approximate surface area is 203 Å². The van der Waals surface area contributed by atoms with Crippen LogP contribution in [0.25, 0.3) is 10.6 Å². The van der Waals surface area contributed by atoms with Crippen LogP contribution in [-0.4, -0.2) is 23.1 Å². The zero-order valence-electron chi connectivity index (χ0n) is 19.0. The highest BCUT2D eigenvalue weighted by atomic mass is 35.5. The normalized spacial score (nSPS) is 12.2. The summed E-state index contributed by atoms with van der Waals surface area (Å²) in [6.45, 7) is 10.5. The van der Waals surface area contributed by atoms with Crippen molar-refractivity contribution in [3.05, 3.63) is 73.7 Å². The van der Waals surface area contributed by atoms with E-state index in [0.717, 1.165) is 28.0 Å². The minimum atomic E-state index is -0.198. The zero-order valence-corrected chi connectivity index (χ0v) is 21.3. The van der Waals surface area contributed by atoms with Gasteiger partial charge in [-0.3, -0.25) is 4.79 Å². The first-order valence-corrected chi connectivity index (χ1v) is 12.2. The molecule has 1 atom stereocenters. The topological polar surface area (TPSA) is 51.2 Å². The third-order valence-corrected chi connectivity index (χ3v) is 6.61. The highest BCUT2D eigenvalue weighted by molar-refractivity contribution is 7.15. The number of nitrogens with zero attached hydrogens (tertiary/aromatic N) is 1. The summed E-state index contributed by atoms with van der Waals surface area (Å²) in [4.78, 5) is 18.3. The van der Waals surface area contributed by atoms with Crippen molar-refractivity contribution < 1.29 is 9.53 Å². The number of halogens is 2. The van der Waals surface area contributed by atoms with Crippen LogP contribution in [0.3, 0.4) is 0 Å². The highest BCUT2D eigenvalue weighted by Crippen LogP contribution is 2.34. The fraction of sp³-hybridized carbons (Fsp3) is 0.360. The molecule has 1 N–H and O–H groups in total. The molecule has 7 heteroatoms. The predicted octanol–water partition coefficient (Wildman–Crippen LogP) is 7.02. The van der Waals surface area contributed by atoms with Crippen molar-refractivity contribution in [1.82, 2.24) is 10.3 Å². The molecule has 0 saturated heterocycles. The Balaban J connectivity index is 1.71. The van der Waals surface area contributed by atoms with Gasteiger partial charge in [-0.15, -0.1) is 11.3 Å². The van der Waals surface area contributed by atoms with Gasteiger partial charge in [0.1, 0.15) is 10.7 Å². The van der Waals surface area contributed by atoms with Crippen molar-refractivity contribution in [3.8, 4) is 10.6 Å². The number of aryl methyl sites for hydroxylation is 2. The van der Waals surface area contributed by atoms with Gasteiger partial charge >= 0.3 is 0 Å². The lowest BCUT2D eigenvalue weighted by Gasteiger charge is -2.17. The maximum absolute atomic E-state index is 12.9. The van der Waals surface area contributed by atoms with Crippen LogP contribution in [0.1, 0.15) is 52.8 Å². The lowest BCUT2D eigenvalue weighted by molar-refractivity contribution is 0.0195. The van der Waals surface area contributed by atoms with Gasteiger partial charge in [0.2, 0.25) is 0 Å². The first-order valence-electron chi connectivity index (χ1n) is 10.6. The first-order chi connectivity index (χ1) is 15.1. The summed E-state index contributed by atoms with van der Waals surface area (Å²) in [7, 11) is 0. The summed E-state index contributed by atoms with van der Waals surface area (Å²) in [5.41, 5.74) is 4.60. The molecular formula is C25H28Cl2N2O2S. The summed E-state index contributed by atoms with van der Waals surface area (Å²) >= 11 is 13.7. The molecule has 0 aliphatic rings. The van der Waals surface area contributed by atoms with Crippen LogP contribution in [0.5, 0.6) is 0 Å². The van der Waals surface area contributed by atoms with E-state index in [1.165, 1.54) is 16.9 Å². The number of nitrogens with one attached hydrogen (secondary N) is 1. The van der Waals surface area contributed by atoms with Crippen LogP contribution in [0.4, 0.5) is 0 Å². The number of benzene rings is 2. The molecular weight excluding hydrogens is 463 g/mol. The molecule has 0 bridgehead atoms. The van der Waals surface area contributed by atoms with Crippen LogP contribution in [0.15, 0.2) is 36.4 Å². The molecule has 0 saturated carbocycles. The van der Waals surface area contributed by atoms with Gasteiger partial charge in [-0.2, -0.15) is 0 Å². The molecule has 32 heavy (non-hydrogen) atoms.